The van der Waals surface area contributed by atoms with Crippen molar-refractivity contribution < 1.29 is 0 Å². The Morgan fingerprint density at radius 2 is 0.972 bits per heavy atom. The van der Waals surface area contributed by atoms with Crippen molar-refractivity contribution in [2.75, 3.05) is 0 Å². The second kappa shape index (κ2) is 9.25. The first-order valence-electron chi connectivity index (χ1n) is 13.2. The second-order valence-corrected chi connectivity index (χ2v) is 11.7. The van der Waals surface area contributed by atoms with E-state index < -0.39 is 0 Å². The summed E-state index contributed by atoms with van der Waals surface area (Å²) in [4.78, 5) is 0. The van der Waals surface area contributed by atoms with Crippen LogP contribution < -0.4 is 0 Å². The highest BCUT2D eigenvalue weighted by atomic mass is 14.2. The standard InChI is InChI=1S/C36H38/c1-23-12-14-25(3)27(18-23)20-33-30-10-8-9-11-31(30)34(21-28-19-24(2)13-15-26(28)4)35-22-29(36(5,6)7)16-17-32(33)35/h8-19,22H,20-21H2,1-7H3. The summed E-state index contributed by atoms with van der Waals surface area (Å²) in [7, 11) is 0. The van der Waals surface area contributed by atoms with Crippen LogP contribution in [0, 0.1) is 27.7 Å². The average Bonchev–Trinajstić information content (AvgIpc) is 2.84. The number of fused-ring (bicyclic) bond motifs is 2. The first-order chi connectivity index (χ1) is 17.1. The first-order valence-corrected chi connectivity index (χ1v) is 13.2. The molecule has 5 rings (SSSR count). The van der Waals surface area contributed by atoms with E-state index in [4.69, 9.17) is 0 Å². The van der Waals surface area contributed by atoms with Crippen LogP contribution in [-0.2, 0) is 18.3 Å². The zero-order valence-corrected chi connectivity index (χ0v) is 22.9. The van der Waals surface area contributed by atoms with Gasteiger partial charge in [-0.05, 0) is 106 Å². The monoisotopic (exact) mass is 470 g/mol. The van der Waals surface area contributed by atoms with Crippen LogP contribution >= 0.6 is 0 Å². The largest absolute Gasteiger partial charge is 0.0616 e. The summed E-state index contributed by atoms with van der Waals surface area (Å²) >= 11 is 0. The average molecular weight is 471 g/mol. The zero-order chi connectivity index (χ0) is 25.6. The fraction of sp³-hybridized carbons (Fsp3) is 0.278. The second-order valence-electron chi connectivity index (χ2n) is 11.7. The predicted octanol–water partition coefficient (Wildman–Crippen LogP) is 9.71. The van der Waals surface area contributed by atoms with Crippen LogP contribution in [0.25, 0.3) is 21.5 Å². The van der Waals surface area contributed by atoms with Crippen molar-refractivity contribution in [3.8, 4) is 0 Å². The first kappa shape index (κ1) is 24.3. The fourth-order valence-corrected chi connectivity index (χ4v) is 5.57. The lowest BCUT2D eigenvalue weighted by molar-refractivity contribution is 0.591. The maximum atomic E-state index is 2.48. The molecule has 0 heteroatoms. The predicted molar refractivity (Wildman–Crippen MR) is 158 cm³/mol. The van der Waals surface area contributed by atoms with E-state index in [1.165, 1.54) is 71.6 Å². The van der Waals surface area contributed by atoms with Crippen molar-refractivity contribution >= 4 is 21.5 Å². The minimum Gasteiger partial charge on any atom is -0.0616 e. The number of hydrogen-bond acceptors (Lipinski definition) is 0. The van der Waals surface area contributed by atoms with Gasteiger partial charge in [0.15, 0.2) is 0 Å². The highest BCUT2D eigenvalue weighted by Gasteiger charge is 2.20. The van der Waals surface area contributed by atoms with E-state index in [0.29, 0.717) is 0 Å². The van der Waals surface area contributed by atoms with Crippen molar-refractivity contribution in [3.05, 3.63) is 129 Å². The highest BCUT2D eigenvalue weighted by Crippen LogP contribution is 2.38. The molecule has 0 radical (unpaired) electrons. The number of hydrogen-bond donors (Lipinski definition) is 0. The van der Waals surface area contributed by atoms with Gasteiger partial charge < -0.3 is 0 Å². The minimum atomic E-state index is 0.101. The van der Waals surface area contributed by atoms with E-state index in [9.17, 15) is 0 Å². The number of aryl methyl sites for hydroxylation is 4. The smallest absolute Gasteiger partial charge is 0.00107 e. The van der Waals surface area contributed by atoms with Crippen LogP contribution in [0.1, 0.15) is 70.8 Å². The molecule has 0 saturated heterocycles. The maximum absolute atomic E-state index is 2.48. The van der Waals surface area contributed by atoms with Crippen molar-refractivity contribution in [3.63, 3.8) is 0 Å². The van der Waals surface area contributed by atoms with E-state index in [2.05, 4.69) is 127 Å². The molecule has 5 aromatic carbocycles. The highest BCUT2D eigenvalue weighted by molar-refractivity contribution is 6.06. The Bertz CT molecular complexity index is 1590. The Morgan fingerprint density at radius 1 is 0.500 bits per heavy atom. The normalized spacial score (nSPS) is 12.0. The Labute approximate surface area is 217 Å². The lowest BCUT2D eigenvalue weighted by Gasteiger charge is -2.23. The zero-order valence-electron chi connectivity index (χ0n) is 22.9. The van der Waals surface area contributed by atoms with Gasteiger partial charge in [-0.3, -0.25) is 0 Å². The lowest BCUT2D eigenvalue weighted by atomic mass is 9.81. The Kier molecular flexibility index (Phi) is 6.25. The van der Waals surface area contributed by atoms with Crippen LogP contribution in [0.15, 0.2) is 78.9 Å². The summed E-state index contributed by atoms with van der Waals surface area (Å²) in [5.41, 5.74) is 12.6. The molecule has 0 heterocycles. The summed E-state index contributed by atoms with van der Waals surface area (Å²) in [5.74, 6) is 0. The van der Waals surface area contributed by atoms with Gasteiger partial charge in [0, 0.05) is 0 Å². The number of benzene rings is 5. The molecule has 182 valence electrons. The van der Waals surface area contributed by atoms with Crippen LogP contribution in [0.5, 0.6) is 0 Å². The van der Waals surface area contributed by atoms with Gasteiger partial charge in [-0.1, -0.05) is 111 Å². The van der Waals surface area contributed by atoms with Gasteiger partial charge in [-0.25, -0.2) is 0 Å². The van der Waals surface area contributed by atoms with Crippen LogP contribution in [-0.4, -0.2) is 0 Å². The third-order valence-corrected chi connectivity index (χ3v) is 7.86. The molecule has 0 amide bonds. The van der Waals surface area contributed by atoms with Crippen LogP contribution in [0.2, 0.25) is 0 Å². The molecular weight excluding hydrogens is 432 g/mol. The van der Waals surface area contributed by atoms with Crippen LogP contribution in [0.4, 0.5) is 0 Å². The third-order valence-electron chi connectivity index (χ3n) is 7.86. The molecule has 0 aliphatic heterocycles. The summed E-state index contributed by atoms with van der Waals surface area (Å²) in [5, 5.41) is 5.57. The third kappa shape index (κ3) is 4.58. The topological polar surface area (TPSA) is 0 Å². The minimum absolute atomic E-state index is 0.101. The molecule has 0 fully saturated rings. The lowest BCUT2D eigenvalue weighted by Crippen LogP contribution is -2.11. The molecule has 0 aromatic heterocycles. The van der Waals surface area contributed by atoms with E-state index in [0.717, 1.165) is 12.8 Å². The van der Waals surface area contributed by atoms with Crippen molar-refractivity contribution in [1.82, 2.24) is 0 Å². The molecule has 0 saturated carbocycles. The van der Waals surface area contributed by atoms with Crippen molar-refractivity contribution in [2.45, 2.75) is 66.7 Å². The van der Waals surface area contributed by atoms with Gasteiger partial charge in [0.2, 0.25) is 0 Å². The van der Waals surface area contributed by atoms with Gasteiger partial charge in [0.1, 0.15) is 0 Å². The Morgan fingerprint density at radius 3 is 1.47 bits per heavy atom. The number of rotatable bonds is 4. The Hall–Kier alpha value is -3.38. The molecule has 0 N–H and O–H groups in total. The molecular formula is C36H38. The van der Waals surface area contributed by atoms with Crippen LogP contribution in [0.3, 0.4) is 0 Å². The summed E-state index contributed by atoms with van der Waals surface area (Å²) < 4.78 is 0. The SMILES string of the molecule is Cc1ccc(C)c(Cc2c3ccccc3c(Cc3cc(C)ccc3C)c3cc(C(C)(C)C)ccc23)c1. The fourth-order valence-electron chi connectivity index (χ4n) is 5.57. The maximum Gasteiger partial charge on any atom is -0.00107 e. The van der Waals surface area contributed by atoms with Crippen molar-refractivity contribution in [1.29, 1.82) is 0 Å². The van der Waals surface area contributed by atoms with Gasteiger partial charge in [0.25, 0.3) is 0 Å². The molecule has 0 aliphatic carbocycles. The summed E-state index contributed by atoms with van der Waals surface area (Å²) in [6.45, 7) is 15.8. The van der Waals surface area contributed by atoms with Gasteiger partial charge in [0.05, 0.1) is 0 Å². The summed E-state index contributed by atoms with van der Waals surface area (Å²) in [6.07, 6.45) is 1.89. The molecule has 0 unspecified atom stereocenters. The quantitative estimate of drug-likeness (QED) is 0.229. The molecule has 5 aromatic rings. The van der Waals surface area contributed by atoms with Gasteiger partial charge in [-0.15, -0.1) is 0 Å². The molecule has 0 nitrogen and oxygen atoms in total. The Balaban J connectivity index is 1.84. The molecule has 0 atom stereocenters. The van der Waals surface area contributed by atoms with Crippen molar-refractivity contribution in [2.24, 2.45) is 0 Å². The van der Waals surface area contributed by atoms with Gasteiger partial charge in [-0.2, -0.15) is 0 Å². The van der Waals surface area contributed by atoms with Gasteiger partial charge >= 0.3 is 0 Å². The molecule has 0 bridgehead atoms. The molecule has 0 spiro atoms. The molecule has 0 aliphatic rings. The summed E-state index contributed by atoms with van der Waals surface area (Å²) in [6, 6.07) is 30.0. The van der Waals surface area contributed by atoms with E-state index in [1.807, 2.05) is 0 Å². The van der Waals surface area contributed by atoms with E-state index in [1.54, 1.807) is 0 Å². The molecule has 36 heavy (non-hydrogen) atoms. The van der Waals surface area contributed by atoms with E-state index >= 15 is 0 Å². The van der Waals surface area contributed by atoms with E-state index in [-0.39, 0.29) is 5.41 Å².